The highest BCUT2D eigenvalue weighted by atomic mass is 32.2. The van der Waals surface area contributed by atoms with E-state index >= 15 is 0 Å². The molecule has 1 aromatic rings. The zero-order valence-corrected chi connectivity index (χ0v) is 11.1. The minimum Gasteiger partial charge on any atom is -0.496 e. The zero-order valence-electron chi connectivity index (χ0n) is 10.3. The molecule has 0 atom stereocenters. The summed E-state index contributed by atoms with van der Waals surface area (Å²) in [7, 11) is -1.62. The Bertz CT molecular complexity index is 469. The summed E-state index contributed by atoms with van der Waals surface area (Å²) in [5, 5.41) is 0. The molecule has 0 amide bonds. The third kappa shape index (κ3) is 3.71. The van der Waals surface area contributed by atoms with E-state index in [2.05, 4.69) is 0 Å². The van der Waals surface area contributed by atoms with E-state index in [0.717, 1.165) is 12.0 Å². The minimum absolute atomic E-state index is 0.149. The van der Waals surface area contributed by atoms with Crippen LogP contribution in [-0.2, 0) is 9.84 Å². The third-order valence-electron chi connectivity index (χ3n) is 2.59. The van der Waals surface area contributed by atoms with Crippen molar-refractivity contribution in [1.29, 1.82) is 0 Å². The van der Waals surface area contributed by atoms with Crippen molar-refractivity contribution in [3.63, 3.8) is 0 Å². The van der Waals surface area contributed by atoms with Crippen LogP contribution in [0.3, 0.4) is 0 Å². The molecular formula is C12H19NO3S. The summed E-state index contributed by atoms with van der Waals surface area (Å²) >= 11 is 0. The van der Waals surface area contributed by atoms with Gasteiger partial charge in [0, 0.05) is 0 Å². The van der Waals surface area contributed by atoms with Gasteiger partial charge in [-0.3, -0.25) is 0 Å². The van der Waals surface area contributed by atoms with Gasteiger partial charge in [-0.05, 0) is 50.1 Å². The fourth-order valence-electron chi connectivity index (χ4n) is 1.60. The maximum atomic E-state index is 12.0. The number of ether oxygens (including phenoxy) is 1. The van der Waals surface area contributed by atoms with E-state index in [1.165, 1.54) is 0 Å². The van der Waals surface area contributed by atoms with Gasteiger partial charge in [0.2, 0.25) is 0 Å². The van der Waals surface area contributed by atoms with Crippen molar-refractivity contribution in [1.82, 2.24) is 0 Å². The van der Waals surface area contributed by atoms with Gasteiger partial charge in [-0.15, -0.1) is 0 Å². The molecule has 1 aromatic carbocycles. The topological polar surface area (TPSA) is 69.4 Å². The standard InChI is InChI=1S/C12H19NO3S/c1-10-9-11(5-6-12(10)16-2)17(14,15)8-4-3-7-13/h5-6,9H,3-4,7-8,13H2,1-2H3. The molecule has 0 spiro atoms. The van der Waals surface area contributed by atoms with Crippen molar-refractivity contribution in [3.8, 4) is 5.75 Å². The number of sulfone groups is 1. The molecule has 0 saturated heterocycles. The van der Waals surface area contributed by atoms with Crippen LogP contribution >= 0.6 is 0 Å². The number of hydrogen-bond donors (Lipinski definition) is 1. The van der Waals surface area contributed by atoms with Gasteiger partial charge in [0.15, 0.2) is 9.84 Å². The molecule has 0 unspecified atom stereocenters. The lowest BCUT2D eigenvalue weighted by Gasteiger charge is -2.08. The second kappa shape index (κ2) is 6.02. The first-order valence-corrected chi connectivity index (χ1v) is 7.24. The van der Waals surface area contributed by atoms with E-state index in [1.54, 1.807) is 25.3 Å². The molecule has 4 nitrogen and oxygen atoms in total. The maximum Gasteiger partial charge on any atom is 0.178 e. The number of benzene rings is 1. The molecule has 96 valence electrons. The Morgan fingerprint density at radius 2 is 2.00 bits per heavy atom. The van der Waals surface area contributed by atoms with E-state index in [0.29, 0.717) is 23.6 Å². The predicted molar refractivity (Wildman–Crippen MR) is 68.1 cm³/mol. The highest BCUT2D eigenvalue weighted by Gasteiger charge is 2.14. The van der Waals surface area contributed by atoms with Gasteiger partial charge in [0.25, 0.3) is 0 Å². The molecule has 17 heavy (non-hydrogen) atoms. The Morgan fingerprint density at radius 3 is 2.53 bits per heavy atom. The highest BCUT2D eigenvalue weighted by Crippen LogP contribution is 2.22. The average molecular weight is 257 g/mol. The first-order valence-electron chi connectivity index (χ1n) is 5.58. The SMILES string of the molecule is COc1ccc(S(=O)(=O)CCCCN)cc1C. The van der Waals surface area contributed by atoms with E-state index in [1.807, 2.05) is 6.92 Å². The van der Waals surface area contributed by atoms with Crippen LogP contribution in [0.25, 0.3) is 0 Å². The molecule has 0 radical (unpaired) electrons. The molecule has 0 aliphatic carbocycles. The molecule has 0 fully saturated rings. The second-order valence-electron chi connectivity index (χ2n) is 3.95. The monoisotopic (exact) mass is 257 g/mol. The Balaban J connectivity index is 2.88. The van der Waals surface area contributed by atoms with Gasteiger partial charge in [-0.2, -0.15) is 0 Å². The Kier molecular flexibility index (Phi) is 4.96. The van der Waals surface area contributed by atoms with Crippen molar-refractivity contribution < 1.29 is 13.2 Å². The number of rotatable bonds is 6. The van der Waals surface area contributed by atoms with Gasteiger partial charge in [0.05, 0.1) is 17.8 Å². The van der Waals surface area contributed by atoms with Crippen molar-refractivity contribution in [3.05, 3.63) is 23.8 Å². The number of nitrogens with two attached hydrogens (primary N) is 1. The van der Waals surface area contributed by atoms with Crippen LogP contribution in [0.15, 0.2) is 23.1 Å². The number of unbranched alkanes of at least 4 members (excludes halogenated alkanes) is 1. The average Bonchev–Trinajstić information content (AvgIpc) is 2.29. The van der Waals surface area contributed by atoms with Crippen molar-refractivity contribution in [2.75, 3.05) is 19.4 Å². The summed E-state index contributed by atoms with van der Waals surface area (Å²) in [4.78, 5) is 0.354. The molecule has 5 heteroatoms. The van der Waals surface area contributed by atoms with Crippen LogP contribution in [0.4, 0.5) is 0 Å². The van der Waals surface area contributed by atoms with E-state index in [4.69, 9.17) is 10.5 Å². The van der Waals surface area contributed by atoms with Crippen LogP contribution in [0, 0.1) is 6.92 Å². The molecule has 0 aromatic heterocycles. The quantitative estimate of drug-likeness (QED) is 0.784. The van der Waals surface area contributed by atoms with Crippen molar-refractivity contribution in [2.45, 2.75) is 24.7 Å². The second-order valence-corrected chi connectivity index (χ2v) is 6.06. The van der Waals surface area contributed by atoms with Crippen LogP contribution < -0.4 is 10.5 Å². The minimum atomic E-state index is -3.19. The molecule has 1 rings (SSSR count). The summed E-state index contributed by atoms with van der Waals surface area (Å²) < 4.78 is 29.1. The molecular weight excluding hydrogens is 238 g/mol. The van der Waals surface area contributed by atoms with Crippen LogP contribution in [0.1, 0.15) is 18.4 Å². The molecule has 0 bridgehead atoms. The fraction of sp³-hybridized carbons (Fsp3) is 0.500. The van der Waals surface area contributed by atoms with Crippen molar-refractivity contribution >= 4 is 9.84 Å². The number of hydrogen-bond acceptors (Lipinski definition) is 4. The van der Waals surface area contributed by atoms with Gasteiger partial charge >= 0.3 is 0 Å². The van der Waals surface area contributed by atoms with Gasteiger partial charge in [0.1, 0.15) is 5.75 Å². The highest BCUT2D eigenvalue weighted by molar-refractivity contribution is 7.91. The zero-order chi connectivity index (χ0) is 12.9. The van der Waals surface area contributed by atoms with Gasteiger partial charge in [-0.1, -0.05) is 0 Å². The van der Waals surface area contributed by atoms with E-state index in [9.17, 15) is 8.42 Å². The molecule has 0 saturated carbocycles. The van der Waals surface area contributed by atoms with Crippen LogP contribution in [-0.4, -0.2) is 27.8 Å². The summed E-state index contributed by atoms with van der Waals surface area (Å²) in [5.74, 6) is 0.849. The third-order valence-corrected chi connectivity index (χ3v) is 4.39. The fourth-order valence-corrected chi connectivity index (χ4v) is 3.05. The Morgan fingerprint density at radius 1 is 1.29 bits per heavy atom. The first kappa shape index (κ1) is 14.0. The first-order chi connectivity index (χ1) is 8.01. The summed E-state index contributed by atoms with van der Waals surface area (Å²) in [6, 6.07) is 4.92. The lowest BCUT2D eigenvalue weighted by Crippen LogP contribution is -2.09. The number of methoxy groups -OCH3 is 1. The lowest BCUT2D eigenvalue weighted by atomic mass is 10.2. The largest absolute Gasteiger partial charge is 0.496 e. The van der Waals surface area contributed by atoms with Crippen LogP contribution in [0.5, 0.6) is 5.75 Å². The number of aryl methyl sites for hydroxylation is 1. The molecule has 2 N–H and O–H groups in total. The summed E-state index contributed by atoms with van der Waals surface area (Å²) in [6.07, 6.45) is 1.33. The smallest absolute Gasteiger partial charge is 0.178 e. The van der Waals surface area contributed by atoms with Gasteiger partial charge in [-0.25, -0.2) is 8.42 Å². The van der Waals surface area contributed by atoms with E-state index in [-0.39, 0.29) is 5.75 Å². The Labute approximate surface area is 103 Å². The molecule has 0 aliphatic rings. The maximum absolute atomic E-state index is 12.0. The summed E-state index contributed by atoms with van der Waals surface area (Å²) in [6.45, 7) is 2.36. The molecule has 0 aliphatic heterocycles. The predicted octanol–water partition coefficient (Wildman–Crippen LogP) is 1.52. The Hall–Kier alpha value is -1.07. The normalized spacial score (nSPS) is 11.5. The van der Waals surface area contributed by atoms with Crippen LogP contribution in [0.2, 0.25) is 0 Å². The van der Waals surface area contributed by atoms with Crippen molar-refractivity contribution in [2.24, 2.45) is 5.73 Å². The van der Waals surface area contributed by atoms with Gasteiger partial charge < -0.3 is 10.5 Å². The molecule has 0 heterocycles. The van der Waals surface area contributed by atoms with E-state index < -0.39 is 9.84 Å². The lowest BCUT2D eigenvalue weighted by molar-refractivity contribution is 0.411. The summed E-state index contributed by atoms with van der Waals surface area (Å²) in [5.41, 5.74) is 6.17.